The predicted octanol–water partition coefficient (Wildman–Crippen LogP) is -0.495. The average Bonchev–Trinajstić information content (AvgIpc) is 2.26. The van der Waals surface area contributed by atoms with Crippen molar-refractivity contribution >= 4 is 12.0 Å². The Morgan fingerprint density at radius 3 is 3.00 bits per heavy atom. The van der Waals surface area contributed by atoms with Crippen molar-refractivity contribution in [2.75, 3.05) is 26.3 Å². The summed E-state index contributed by atoms with van der Waals surface area (Å²) in [4.78, 5) is 23.7. The molecule has 2 N–H and O–H groups in total. The van der Waals surface area contributed by atoms with Crippen molar-refractivity contribution in [2.24, 2.45) is 0 Å². The minimum absolute atomic E-state index is 0.122. The Labute approximate surface area is 93.6 Å². The molecule has 1 aliphatic heterocycles. The van der Waals surface area contributed by atoms with E-state index >= 15 is 0 Å². The molecule has 6 heteroatoms. The number of aliphatic carboxylic acids is 1. The Morgan fingerprint density at radius 2 is 2.38 bits per heavy atom. The first-order valence-electron chi connectivity index (χ1n) is 4.92. The number of morpholine rings is 1. The van der Waals surface area contributed by atoms with E-state index in [0.717, 1.165) is 0 Å². The quantitative estimate of drug-likeness (QED) is 0.636. The predicted molar refractivity (Wildman–Crippen MR) is 55.8 cm³/mol. The van der Waals surface area contributed by atoms with E-state index in [2.05, 4.69) is 11.2 Å². The lowest BCUT2D eigenvalue weighted by molar-refractivity contribution is -0.139. The smallest absolute Gasteiger partial charge is 0.318 e. The molecule has 0 radical (unpaired) electrons. The average molecular weight is 226 g/mol. The molecule has 2 amide bonds. The number of hydrogen-bond acceptors (Lipinski definition) is 3. The first-order valence-corrected chi connectivity index (χ1v) is 4.92. The van der Waals surface area contributed by atoms with Gasteiger partial charge in [0.05, 0.1) is 32.2 Å². The van der Waals surface area contributed by atoms with Crippen LogP contribution in [0.1, 0.15) is 6.42 Å². The monoisotopic (exact) mass is 226 g/mol. The fraction of sp³-hybridized carbons (Fsp3) is 0.600. The third-order valence-electron chi connectivity index (χ3n) is 2.24. The topological polar surface area (TPSA) is 78.9 Å². The number of hydrogen-bond donors (Lipinski definition) is 2. The van der Waals surface area contributed by atoms with Crippen LogP contribution in [0.2, 0.25) is 0 Å². The van der Waals surface area contributed by atoms with Crippen LogP contribution in [0, 0.1) is 12.3 Å². The Bertz CT molecular complexity index is 310. The molecule has 1 atom stereocenters. The fourth-order valence-corrected chi connectivity index (χ4v) is 1.52. The van der Waals surface area contributed by atoms with Crippen molar-refractivity contribution in [3.05, 3.63) is 0 Å². The van der Waals surface area contributed by atoms with E-state index in [1.54, 1.807) is 0 Å². The van der Waals surface area contributed by atoms with Gasteiger partial charge in [-0.25, -0.2) is 4.79 Å². The number of ether oxygens (including phenoxy) is 1. The number of carboxylic acids is 1. The SMILES string of the molecule is C#CCNC(=O)N1CCOCC1CC(=O)O. The maximum atomic E-state index is 11.6. The van der Waals surface area contributed by atoms with Crippen LogP contribution in [0.15, 0.2) is 0 Å². The number of carbonyl (C=O) groups excluding carboxylic acids is 1. The van der Waals surface area contributed by atoms with Crippen molar-refractivity contribution in [1.82, 2.24) is 10.2 Å². The summed E-state index contributed by atoms with van der Waals surface area (Å²) in [5.41, 5.74) is 0. The lowest BCUT2D eigenvalue weighted by atomic mass is 10.1. The summed E-state index contributed by atoms with van der Waals surface area (Å²) >= 11 is 0. The van der Waals surface area contributed by atoms with E-state index in [1.165, 1.54) is 4.90 Å². The molecule has 6 nitrogen and oxygen atoms in total. The summed E-state index contributed by atoms with van der Waals surface area (Å²) in [5, 5.41) is 11.2. The molecule has 88 valence electrons. The van der Waals surface area contributed by atoms with E-state index in [1.807, 2.05) is 0 Å². The third kappa shape index (κ3) is 3.44. The van der Waals surface area contributed by atoms with Crippen molar-refractivity contribution in [2.45, 2.75) is 12.5 Å². The Morgan fingerprint density at radius 1 is 1.62 bits per heavy atom. The summed E-state index contributed by atoms with van der Waals surface area (Å²) in [7, 11) is 0. The van der Waals surface area contributed by atoms with Gasteiger partial charge in [-0.2, -0.15) is 0 Å². The molecule has 0 aromatic heterocycles. The minimum Gasteiger partial charge on any atom is -0.481 e. The van der Waals surface area contributed by atoms with Crippen LogP contribution in [0.25, 0.3) is 0 Å². The van der Waals surface area contributed by atoms with Crippen molar-refractivity contribution in [3.8, 4) is 12.3 Å². The molecule has 1 heterocycles. The van der Waals surface area contributed by atoms with Gasteiger partial charge < -0.3 is 20.1 Å². The van der Waals surface area contributed by atoms with Gasteiger partial charge in [0, 0.05) is 6.54 Å². The highest BCUT2D eigenvalue weighted by atomic mass is 16.5. The maximum absolute atomic E-state index is 11.6. The second kappa shape index (κ2) is 5.98. The Hall–Kier alpha value is -1.74. The first kappa shape index (κ1) is 12.3. The number of amides is 2. The molecule has 0 aromatic carbocycles. The normalized spacial score (nSPS) is 19.9. The molecule has 0 bridgehead atoms. The second-order valence-electron chi connectivity index (χ2n) is 3.38. The molecule has 0 saturated carbocycles. The third-order valence-corrected chi connectivity index (χ3v) is 2.24. The van der Waals surface area contributed by atoms with E-state index in [9.17, 15) is 9.59 Å². The number of rotatable bonds is 3. The van der Waals surface area contributed by atoms with Gasteiger partial charge in [0.2, 0.25) is 0 Å². The zero-order chi connectivity index (χ0) is 12.0. The molecule has 0 aromatic rings. The van der Waals surface area contributed by atoms with E-state index in [-0.39, 0.29) is 25.6 Å². The van der Waals surface area contributed by atoms with Gasteiger partial charge in [-0.15, -0.1) is 6.42 Å². The van der Waals surface area contributed by atoms with Gasteiger partial charge in [-0.05, 0) is 0 Å². The minimum atomic E-state index is -0.953. The van der Waals surface area contributed by atoms with E-state index in [0.29, 0.717) is 13.2 Å². The van der Waals surface area contributed by atoms with Crippen LogP contribution in [-0.4, -0.2) is 54.4 Å². The lowest BCUT2D eigenvalue weighted by Crippen LogP contribution is -2.53. The van der Waals surface area contributed by atoms with Crippen LogP contribution in [0.5, 0.6) is 0 Å². The van der Waals surface area contributed by atoms with Crippen LogP contribution >= 0.6 is 0 Å². The second-order valence-corrected chi connectivity index (χ2v) is 3.38. The number of terminal acetylenes is 1. The van der Waals surface area contributed by atoms with Crippen molar-refractivity contribution in [1.29, 1.82) is 0 Å². The Balaban J connectivity index is 2.55. The Kier molecular flexibility index (Phi) is 4.61. The van der Waals surface area contributed by atoms with Gasteiger partial charge in [0.1, 0.15) is 0 Å². The van der Waals surface area contributed by atoms with Crippen molar-refractivity contribution in [3.63, 3.8) is 0 Å². The molecule has 1 unspecified atom stereocenters. The first-order chi connectivity index (χ1) is 7.65. The molecule has 1 fully saturated rings. The number of carbonyl (C=O) groups is 2. The zero-order valence-corrected chi connectivity index (χ0v) is 8.81. The summed E-state index contributed by atoms with van der Waals surface area (Å²) in [6.07, 6.45) is 4.90. The molecule has 1 rings (SSSR count). The van der Waals surface area contributed by atoms with Crippen molar-refractivity contribution < 1.29 is 19.4 Å². The maximum Gasteiger partial charge on any atom is 0.318 e. The molecular weight excluding hydrogens is 212 g/mol. The van der Waals surface area contributed by atoms with E-state index in [4.69, 9.17) is 16.3 Å². The van der Waals surface area contributed by atoms with Gasteiger partial charge in [0.25, 0.3) is 0 Å². The van der Waals surface area contributed by atoms with Crippen LogP contribution in [-0.2, 0) is 9.53 Å². The lowest BCUT2D eigenvalue weighted by Gasteiger charge is -2.34. The largest absolute Gasteiger partial charge is 0.481 e. The molecule has 0 spiro atoms. The highest BCUT2D eigenvalue weighted by Gasteiger charge is 2.28. The van der Waals surface area contributed by atoms with Crippen LogP contribution in [0.4, 0.5) is 4.79 Å². The molecule has 16 heavy (non-hydrogen) atoms. The highest BCUT2D eigenvalue weighted by molar-refractivity contribution is 5.76. The number of nitrogens with one attached hydrogen (secondary N) is 1. The summed E-state index contributed by atoms with van der Waals surface area (Å²) < 4.78 is 5.14. The van der Waals surface area contributed by atoms with E-state index < -0.39 is 12.0 Å². The van der Waals surface area contributed by atoms with Gasteiger partial charge in [-0.3, -0.25) is 4.79 Å². The summed E-state index contributed by atoms with van der Waals surface area (Å²) in [5.74, 6) is 1.33. The number of urea groups is 1. The fourth-order valence-electron chi connectivity index (χ4n) is 1.52. The molecule has 0 aliphatic carbocycles. The summed E-state index contributed by atoms with van der Waals surface area (Å²) in [6.45, 7) is 1.18. The molecule has 1 aliphatic rings. The molecular formula is C10H14N2O4. The number of carboxylic acid groups (broad SMARTS) is 1. The standard InChI is InChI=1S/C10H14N2O4/c1-2-3-11-10(15)12-4-5-16-7-8(12)6-9(13)14/h1,8H,3-7H2,(H,11,15)(H,13,14). The van der Waals surface area contributed by atoms with Gasteiger partial charge in [-0.1, -0.05) is 5.92 Å². The molecule has 1 saturated heterocycles. The van der Waals surface area contributed by atoms with Crippen LogP contribution < -0.4 is 5.32 Å². The van der Waals surface area contributed by atoms with Gasteiger partial charge in [0.15, 0.2) is 0 Å². The number of nitrogens with zero attached hydrogens (tertiary/aromatic N) is 1. The van der Waals surface area contributed by atoms with Gasteiger partial charge >= 0.3 is 12.0 Å². The van der Waals surface area contributed by atoms with Crippen LogP contribution in [0.3, 0.4) is 0 Å². The summed E-state index contributed by atoms with van der Waals surface area (Å²) in [6, 6.07) is -0.767. The highest BCUT2D eigenvalue weighted by Crippen LogP contribution is 2.10. The zero-order valence-electron chi connectivity index (χ0n) is 8.81.